The third-order valence-electron chi connectivity index (χ3n) is 2.92. The Morgan fingerprint density at radius 1 is 1.44 bits per heavy atom. The molecule has 1 unspecified atom stereocenters. The van der Waals surface area contributed by atoms with Gasteiger partial charge in [-0.1, -0.05) is 0 Å². The molecule has 1 aromatic rings. The monoisotopic (exact) mass is 224 g/mol. The summed E-state index contributed by atoms with van der Waals surface area (Å²) in [5.41, 5.74) is 0. The fourth-order valence-electron chi connectivity index (χ4n) is 2.24. The Kier molecular flexibility index (Phi) is 3.56. The molecule has 0 aromatic carbocycles. The standard InChI is InChI=1S/C11H20N4O/c1-9(16)7-14(2)8-11-13-12-10-5-3-4-6-15(10)11/h9,16H,3-8H2,1-2H3. The van der Waals surface area contributed by atoms with Gasteiger partial charge >= 0.3 is 0 Å². The van der Waals surface area contributed by atoms with Crippen LogP contribution in [0.1, 0.15) is 31.4 Å². The van der Waals surface area contributed by atoms with Gasteiger partial charge in [0.15, 0.2) is 0 Å². The van der Waals surface area contributed by atoms with Crippen molar-refractivity contribution in [1.29, 1.82) is 0 Å². The van der Waals surface area contributed by atoms with Crippen molar-refractivity contribution >= 4 is 0 Å². The molecule has 0 spiro atoms. The van der Waals surface area contributed by atoms with Gasteiger partial charge in [-0.3, -0.25) is 4.90 Å². The van der Waals surface area contributed by atoms with E-state index in [-0.39, 0.29) is 6.10 Å². The normalized spacial score (nSPS) is 17.5. The first-order valence-corrected chi connectivity index (χ1v) is 5.94. The maximum absolute atomic E-state index is 9.31. The van der Waals surface area contributed by atoms with E-state index in [2.05, 4.69) is 19.7 Å². The molecule has 5 nitrogen and oxygen atoms in total. The second kappa shape index (κ2) is 4.93. The minimum Gasteiger partial charge on any atom is -0.392 e. The van der Waals surface area contributed by atoms with Gasteiger partial charge in [0.05, 0.1) is 12.6 Å². The first-order chi connectivity index (χ1) is 7.66. The van der Waals surface area contributed by atoms with Crippen molar-refractivity contribution < 1.29 is 5.11 Å². The van der Waals surface area contributed by atoms with Gasteiger partial charge in [0.1, 0.15) is 11.6 Å². The van der Waals surface area contributed by atoms with E-state index in [9.17, 15) is 5.11 Å². The Hall–Kier alpha value is -0.940. The largest absolute Gasteiger partial charge is 0.392 e. The summed E-state index contributed by atoms with van der Waals surface area (Å²) in [4.78, 5) is 2.08. The number of likely N-dealkylation sites (N-methyl/N-ethyl adjacent to an activating group) is 1. The second-order valence-corrected chi connectivity index (χ2v) is 4.69. The molecule has 2 rings (SSSR count). The molecule has 1 aromatic heterocycles. The summed E-state index contributed by atoms with van der Waals surface area (Å²) in [6.07, 6.45) is 3.20. The summed E-state index contributed by atoms with van der Waals surface area (Å²) in [6.45, 7) is 4.27. The van der Waals surface area contributed by atoms with E-state index in [0.717, 1.165) is 31.2 Å². The molecule has 16 heavy (non-hydrogen) atoms. The average Bonchev–Trinajstić information content (AvgIpc) is 2.61. The number of aryl methyl sites for hydroxylation is 1. The van der Waals surface area contributed by atoms with Crippen LogP contribution in [0, 0.1) is 0 Å². The smallest absolute Gasteiger partial charge is 0.147 e. The molecule has 90 valence electrons. The quantitative estimate of drug-likeness (QED) is 0.805. The predicted molar refractivity (Wildman–Crippen MR) is 61.0 cm³/mol. The number of fused-ring (bicyclic) bond motifs is 1. The van der Waals surface area contributed by atoms with E-state index in [1.165, 1.54) is 12.8 Å². The van der Waals surface area contributed by atoms with Gasteiger partial charge < -0.3 is 9.67 Å². The first-order valence-electron chi connectivity index (χ1n) is 5.94. The zero-order valence-corrected chi connectivity index (χ0v) is 10.1. The van der Waals surface area contributed by atoms with Crippen molar-refractivity contribution in [2.45, 2.75) is 45.4 Å². The molecule has 1 aliphatic heterocycles. The molecule has 0 saturated heterocycles. The highest BCUT2D eigenvalue weighted by Crippen LogP contribution is 2.15. The molecule has 0 aliphatic carbocycles. The lowest BCUT2D eigenvalue weighted by molar-refractivity contribution is 0.136. The minimum atomic E-state index is -0.297. The Labute approximate surface area is 96.1 Å². The van der Waals surface area contributed by atoms with Gasteiger partial charge in [0.25, 0.3) is 0 Å². The Balaban J connectivity index is 2.01. The summed E-state index contributed by atoms with van der Waals surface area (Å²) in [6, 6.07) is 0. The highest BCUT2D eigenvalue weighted by molar-refractivity contribution is 4.98. The molecule has 1 N–H and O–H groups in total. The van der Waals surface area contributed by atoms with Crippen LogP contribution in [0.4, 0.5) is 0 Å². The van der Waals surface area contributed by atoms with Crippen LogP contribution < -0.4 is 0 Å². The summed E-state index contributed by atoms with van der Waals surface area (Å²) in [5.74, 6) is 2.14. The number of hydrogen-bond acceptors (Lipinski definition) is 4. The van der Waals surface area contributed by atoms with E-state index in [1.54, 1.807) is 6.92 Å². The van der Waals surface area contributed by atoms with E-state index >= 15 is 0 Å². The van der Waals surface area contributed by atoms with E-state index in [1.807, 2.05) is 7.05 Å². The Morgan fingerprint density at radius 3 is 3.00 bits per heavy atom. The van der Waals surface area contributed by atoms with E-state index < -0.39 is 0 Å². The van der Waals surface area contributed by atoms with Crippen LogP contribution in [0.15, 0.2) is 0 Å². The maximum Gasteiger partial charge on any atom is 0.147 e. The van der Waals surface area contributed by atoms with Gasteiger partial charge in [-0.05, 0) is 26.8 Å². The molecule has 0 bridgehead atoms. The van der Waals surface area contributed by atoms with Crippen molar-refractivity contribution in [3.05, 3.63) is 11.6 Å². The van der Waals surface area contributed by atoms with Crippen LogP contribution >= 0.6 is 0 Å². The van der Waals surface area contributed by atoms with Crippen molar-refractivity contribution in [3.63, 3.8) is 0 Å². The molecule has 1 atom stereocenters. The van der Waals surface area contributed by atoms with Crippen molar-refractivity contribution in [3.8, 4) is 0 Å². The van der Waals surface area contributed by atoms with Gasteiger partial charge in [-0.2, -0.15) is 0 Å². The molecule has 1 aliphatic rings. The van der Waals surface area contributed by atoms with Gasteiger partial charge in [-0.25, -0.2) is 0 Å². The topological polar surface area (TPSA) is 54.2 Å². The lowest BCUT2D eigenvalue weighted by Crippen LogP contribution is -2.28. The molecular weight excluding hydrogens is 204 g/mol. The molecule has 0 saturated carbocycles. The maximum atomic E-state index is 9.31. The average molecular weight is 224 g/mol. The van der Waals surface area contributed by atoms with Crippen LogP contribution in [0.25, 0.3) is 0 Å². The third-order valence-corrected chi connectivity index (χ3v) is 2.92. The van der Waals surface area contributed by atoms with Crippen LogP contribution in [0.5, 0.6) is 0 Å². The SMILES string of the molecule is CC(O)CN(C)Cc1nnc2n1CCCC2. The minimum absolute atomic E-state index is 0.297. The molecule has 0 amide bonds. The van der Waals surface area contributed by atoms with Crippen LogP contribution in [0.3, 0.4) is 0 Å². The van der Waals surface area contributed by atoms with Crippen LogP contribution in [-0.4, -0.2) is 44.5 Å². The fraction of sp³-hybridized carbons (Fsp3) is 0.818. The van der Waals surface area contributed by atoms with Crippen molar-refractivity contribution in [1.82, 2.24) is 19.7 Å². The first kappa shape index (κ1) is 11.5. The number of aromatic nitrogens is 3. The number of aliphatic hydroxyl groups is 1. The van der Waals surface area contributed by atoms with Gasteiger partial charge in [-0.15, -0.1) is 10.2 Å². The number of nitrogens with zero attached hydrogens (tertiary/aromatic N) is 4. The molecular formula is C11H20N4O. The van der Waals surface area contributed by atoms with E-state index in [4.69, 9.17) is 0 Å². The van der Waals surface area contributed by atoms with Crippen LogP contribution in [0.2, 0.25) is 0 Å². The fourth-order valence-corrected chi connectivity index (χ4v) is 2.24. The lowest BCUT2D eigenvalue weighted by atomic mass is 10.1. The zero-order chi connectivity index (χ0) is 11.5. The molecule has 0 fully saturated rings. The number of rotatable bonds is 4. The van der Waals surface area contributed by atoms with Crippen molar-refractivity contribution in [2.75, 3.05) is 13.6 Å². The Morgan fingerprint density at radius 2 is 2.25 bits per heavy atom. The predicted octanol–water partition coefficient (Wildman–Crippen LogP) is 0.427. The Bertz CT molecular complexity index is 348. The second-order valence-electron chi connectivity index (χ2n) is 4.69. The summed E-state index contributed by atoms with van der Waals surface area (Å²) in [7, 11) is 2.00. The van der Waals surface area contributed by atoms with Crippen molar-refractivity contribution in [2.24, 2.45) is 0 Å². The molecule has 5 heteroatoms. The number of hydrogen-bond donors (Lipinski definition) is 1. The zero-order valence-electron chi connectivity index (χ0n) is 10.1. The number of aliphatic hydroxyl groups excluding tert-OH is 1. The summed E-state index contributed by atoms with van der Waals surface area (Å²) < 4.78 is 2.22. The summed E-state index contributed by atoms with van der Waals surface area (Å²) >= 11 is 0. The van der Waals surface area contributed by atoms with Gasteiger partial charge in [0, 0.05) is 19.5 Å². The van der Waals surface area contributed by atoms with Gasteiger partial charge in [0.2, 0.25) is 0 Å². The highest BCUT2D eigenvalue weighted by Gasteiger charge is 2.16. The third kappa shape index (κ3) is 2.59. The molecule has 0 radical (unpaired) electrons. The summed E-state index contributed by atoms with van der Waals surface area (Å²) in [5, 5.41) is 17.8. The highest BCUT2D eigenvalue weighted by atomic mass is 16.3. The molecule has 2 heterocycles. The van der Waals surface area contributed by atoms with Crippen LogP contribution in [-0.2, 0) is 19.5 Å². The van der Waals surface area contributed by atoms with E-state index in [0.29, 0.717) is 6.54 Å². The lowest BCUT2D eigenvalue weighted by Gasteiger charge is -2.20.